The summed E-state index contributed by atoms with van der Waals surface area (Å²) in [6.07, 6.45) is 0.512. The Labute approximate surface area is 201 Å². The van der Waals surface area contributed by atoms with E-state index in [-0.39, 0.29) is 5.91 Å². The molecule has 3 rings (SSSR count). The number of primary amides is 1. The van der Waals surface area contributed by atoms with Gasteiger partial charge in [-0.05, 0) is 74.6 Å². The Kier molecular flexibility index (Phi) is 7.92. The molecule has 1 aliphatic heterocycles. The van der Waals surface area contributed by atoms with Crippen molar-refractivity contribution in [2.75, 3.05) is 27.2 Å². The minimum atomic E-state index is -0.959. The number of hydrogen-bond donors (Lipinski definition) is 2. The van der Waals surface area contributed by atoms with E-state index in [0.29, 0.717) is 24.2 Å². The summed E-state index contributed by atoms with van der Waals surface area (Å²) >= 11 is 0. The second kappa shape index (κ2) is 10.5. The normalized spacial score (nSPS) is 15.6. The van der Waals surface area contributed by atoms with Crippen LogP contribution in [0.4, 0.5) is 0 Å². The second-order valence-electron chi connectivity index (χ2n) is 9.79. The topological polar surface area (TPSA) is 96.1 Å². The molecule has 2 aromatic carbocycles. The highest BCUT2D eigenvalue weighted by Gasteiger charge is 2.27. The van der Waals surface area contributed by atoms with Gasteiger partial charge in [0, 0.05) is 38.3 Å². The van der Waals surface area contributed by atoms with E-state index >= 15 is 0 Å². The molecule has 0 aromatic heterocycles. The van der Waals surface area contributed by atoms with E-state index in [2.05, 4.69) is 0 Å². The Morgan fingerprint density at radius 2 is 1.53 bits per heavy atom. The van der Waals surface area contributed by atoms with Gasteiger partial charge in [0.2, 0.25) is 12.3 Å². The molecule has 34 heavy (non-hydrogen) atoms. The molecule has 1 saturated heterocycles. The van der Waals surface area contributed by atoms with Gasteiger partial charge < -0.3 is 20.5 Å². The molecule has 0 aliphatic carbocycles. The van der Waals surface area contributed by atoms with Gasteiger partial charge >= 0.3 is 0 Å². The van der Waals surface area contributed by atoms with Crippen molar-refractivity contribution in [1.29, 1.82) is 0 Å². The number of amides is 2. The number of aliphatic hydroxyl groups is 1. The number of nitrogens with zero attached hydrogens (tertiary/aromatic N) is 2. The third-order valence-corrected chi connectivity index (χ3v) is 5.79. The van der Waals surface area contributed by atoms with Crippen LogP contribution in [0.1, 0.15) is 65.5 Å². The molecule has 0 bridgehead atoms. The third kappa shape index (κ3) is 6.32. The van der Waals surface area contributed by atoms with Crippen LogP contribution in [-0.2, 0) is 4.74 Å². The zero-order chi connectivity index (χ0) is 25.0. The van der Waals surface area contributed by atoms with Crippen LogP contribution < -0.4 is 5.73 Å². The number of likely N-dealkylation sites (tertiary alicyclic amines) is 1. The second-order valence-corrected chi connectivity index (χ2v) is 9.79. The van der Waals surface area contributed by atoms with E-state index in [1.54, 1.807) is 25.1 Å². The van der Waals surface area contributed by atoms with Crippen molar-refractivity contribution in [3.63, 3.8) is 0 Å². The molecule has 1 fully saturated rings. The zero-order valence-electron chi connectivity index (χ0n) is 20.7. The van der Waals surface area contributed by atoms with Crippen molar-refractivity contribution in [2.45, 2.75) is 45.6 Å². The maximum Gasteiger partial charge on any atom is 0.253 e. The highest BCUT2D eigenvalue weighted by atomic mass is 16.6. The lowest BCUT2D eigenvalue weighted by Crippen LogP contribution is -2.44. The quantitative estimate of drug-likeness (QED) is 0.637. The van der Waals surface area contributed by atoms with Crippen LogP contribution in [0.5, 0.6) is 0 Å². The van der Waals surface area contributed by atoms with Crippen LogP contribution in [0.15, 0.2) is 54.1 Å². The SMILES string of the molecule is CN(C)C(=O)c1ccc(C(=C2CCN(C(O)OC(C)(C)C)CC2)c2cccc(C(N)=O)c2)cc1. The maximum atomic E-state index is 12.3. The maximum absolute atomic E-state index is 12.3. The molecule has 0 spiro atoms. The van der Waals surface area contributed by atoms with E-state index in [1.165, 1.54) is 5.57 Å². The summed E-state index contributed by atoms with van der Waals surface area (Å²) in [5.74, 6) is -0.534. The van der Waals surface area contributed by atoms with Crippen LogP contribution in [0.2, 0.25) is 0 Å². The Morgan fingerprint density at radius 1 is 0.971 bits per heavy atom. The number of nitrogens with two attached hydrogens (primary N) is 1. The molecule has 182 valence electrons. The van der Waals surface area contributed by atoms with Crippen molar-refractivity contribution in [2.24, 2.45) is 5.73 Å². The van der Waals surface area contributed by atoms with Crippen molar-refractivity contribution in [3.05, 3.63) is 76.4 Å². The van der Waals surface area contributed by atoms with Crippen LogP contribution in [0.25, 0.3) is 5.57 Å². The Bertz CT molecular complexity index is 1060. The number of piperidine rings is 1. The predicted octanol–water partition coefficient (Wildman–Crippen LogP) is 3.48. The van der Waals surface area contributed by atoms with Gasteiger partial charge in [-0.15, -0.1) is 0 Å². The summed E-state index contributed by atoms with van der Waals surface area (Å²) in [6.45, 7) is 7.03. The molecule has 7 heteroatoms. The highest BCUT2D eigenvalue weighted by molar-refractivity contribution is 5.96. The van der Waals surface area contributed by atoms with E-state index in [0.717, 1.165) is 29.5 Å². The lowest BCUT2D eigenvalue weighted by atomic mass is 9.87. The molecule has 1 aliphatic rings. The highest BCUT2D eigenvalue weighted by Crippen LogP contribution is 2.33. The van der Waals surface area contributed by atoms with Crippen LogP contribution >= 0.6 is 0 Å². The molecule has 1 unspecified atom stereocenters. The summed E-state index contributed by atoms with van der Waals surface area (Å²) in [5, 5.41) is 10.5. The fraction of sp³-hybridized carbons (Fsp3) is 0.407. The van der Waals surface area contributed by atoms with Gasteiger partial charge in [-0.1, -0.05) is 29.8 Å². The van der Waals surface area contributed by atoms with E-state index < -0.39 is 17.9 Å². The van der Waals surface area contributed by atoms with Gasteiger partial charge in [0.15, 0.2) is 0 Å². The minimum Gasteiger partial charge on any atom is -0.366 e. The molecular formula is C27H35N3O4. The number of benzene rings is 2. The summed E-state index contributed by atoms with van der Waals surface area (Å²) in [5.41, 5.74) is 10.3. The third-order valence-electron chi connectivity index (χ3n) is 5.79. The molecule has 0 radical (unpaired) electrons. The van der Waals surface area contributed by atoms with E-state index in [1.807, 2.05) is 68.1 Å². The largest absolute Gasteiger partial charge is 0.366 e. The molecule has 0 saturated carbocycles. The van der Waals surface area contributed by atoms with Gasteiger partial charge in [-0.25, -0.2) is 0 Å². The zero-order valence-corrected chi connectivity index (χ0v) is 20.7. The first-order chi connectivity index (χ1) is 16.0. The first-order valence-corrected chi connectivity index (χ1v) is 11.5. The Morgan fingerprint density at radius 3 is 2.06 bits per heavy atom. The Balaban J connectivity index is 1.97. The van der Waals surface area contributed by atoms with Crippen molar-refractivity contribution < 1.29 is 19.4 Å². The van der Waals surface area contributed by atoms with Gasteiger partial charge in [0.05, 0.1) is 5.60 Å². The molecule has 7 nitrogen and oxygen atoms in total. The summed E-state index contributed by atoms with van der Waals surface area (Å²) in [4.78, 5) is 27.6. The van der Waals surface area contributed by atoms with Crippen LogP contribution in [0, 0.1) is 0 Å². The molecule has 3 N–H and O–H groups in total. The van der Waals surface area contributed by atoms with Crippen LogP contribution in [-0.4, -0.2) is 65.9 Å². The van der Waals surface area contributed by atoms with Gasteiger partial charge in [0.25, 0.3) is 5.91 Å². The smallest absolute Gasteiger partial charge is 0.253 e. The number of carbonyl (C=O) groups excluding carboxylic acids is 2. The molecule has 2 aromatic rings. The van der Waals surface area contributed by atoms with E-state index in [4.69, 9.17) is 10.5 Å². The number of ether oxygens (including phenoxy) is 1. The fourth-order valence-corrected chi connectivity index (χ4v) is 4.10. The van der Waals surface area contributed by atoms with Gasteiger partial charge in [0.1, 0.15) is 0 Å². The van der Waals surface area contributed by atoms with E-state index in [9.17, 15) is 14.7 Å². The average Bonchev–Trinajstić information content (AvgIpc) is 2.78. The Hall–Kier alpha value is -3.00. The molecule has 1 heterocycles. The van der Waals surface area contributed by atoms with Gasteiger partial charge in [-0.2, -0.15) is 0 Å². The fourth-order valence-electron chi connectivity index (χ4n) is 4.10. The summed E-state index contributed by atoms with van der Waals surface area (Å²) < 4.78 is 5.72. The van der Waals surface area contributed by atoms with Gasteiger partial charge in [-0.3, -0.25) is 14.5 Å². The number of carbonyl (C=O) groups is 2. The predicted molar refractivity (Wildman–Crippen MR) is 133 cm³/mol. The number of aliphatic hydroxyl groups excluding tert-OH is 1. The molecular weight excluding hydrogens is 430 g/mol. The average molecular weight is 466 g/mol. The van der Waals surface area contributed by atoms with Crippen molar-refractivity contribution in [3.8, 4) is 0 Å². The first-order valence-electron chi connectivity index (χ1n) is 11.5. The first kappa shape index (κ1) is 25.6. The van der Waals surface area contributed by atoms with Crippen molar-refractivity contribution >= 4 is 17.4 Å². The lowest BCUT2D eigenvalue weighted by Gasteiger charge is -2.36. The van der Waals surface area contributed by atoms with Crippen LogP contribution in [0.3, 0.4) is 0 Å². The monoisotopic (exact) mass is 465 g/mol. The minimum absolute atomic E-state index is 0.0578. The van der Waals surface area contributed by atoms with Crippen molar-refractivity contribution in [1.82, 2.24) is 9.80 Å². The standard InChI is InChI=1S/C27H35N3O4/c1-27(2,3)34-26(33)30-15-13-19(14-16-30)23(21-7-6-8-22(17-21)24(28)31)18-9-11-20(12-10-18)25(32)29(4)5/h6-12,17,26,33H,13-16H2,1-5H3,(H2,28,31). The molecule has 1 atom stereocenters. The summed E-state index contributed by atoms with van der Waals surface area (Å²) in [7, 11) is 3.45. The molecule has 2 amide bonds. The summed E-state index contributed by atoms with van der Waals surface area (Å²) in [6, 6.07) is 14.9. The number of rotatable bonds is 6. The number of hydrogen-bond acceptors (Lipinski definition) is 5. The lowest BCUT2D eigenvalue weighted by molar-refractivity contribution is -0.240.